The zero-order valence-electron chi connectivity index (χ0n) is 17.3. The third-order valence-electron chi connectivity index (χ3n) is 5.54. The Morgan fingerprint density at radius 3 is 2.22 bits per heavy atom. The zero-order chi connectivity index (χ0) is 22.7. The van der Waals surface area contributed by atoms with Crippen molar-refractivity contribution in [1.29, 1.82) is 0 Å². The van der Waals surface area contributed by atoms with Gasteiger partial charge in [0.2, 0.25) is 0 Å². The summed E-state index contributed by atoms with van der Waals surface area (Å²) in [6.07, 6.45) is -0.113. The van der Waals surface area contributed by atoms with Crippen LogP contribution in [0.2, 0.25) is 0 Å². The third-order valence-corrected chi connectivity index (χ3v) is 5.54. The first-order valence-electron chi connectivity index (χ1n) is 10.4. The summed E-state index contributed by atoms with van der Waals surface area (Å²) in [5, 5.41) is 19.2. The maximum Gasteiger partial charge on any atom is 0.306 e. The standard InChI is InChI=1S/C24H24FN3O4/c25-17-3-7-20(8-4-17)32-19-5-1-15(2-6-19)21-13-18(14-22(27-21)23(26)29)28-11-9-16(10-12-28)24(30)31/h1-8,13-14,16,23,29H,9-12,26H2,(H,30,31). The van der Waals surface area contributed by atoms with Gasteiger partial charge in [-0.2, -0.15) is 0 Å². The molecule has 0 amide bonds. The summed E-state index contributed by atoms with van der Waals surface area (Å²) in [7, 11) is 0. The fourth-order valence-electron chi connectivity index (χ4n) is 3.74. The molecule has 32 heavy (non-hydrogen) atoms. The molecule has 0 bridgehead atoms. The van der Waals surface area contributed by atoms with Gasteiger partial charge in [0.15, 0.2) is 0 Å². The summed E-state index contributed by atoms with van der Waals surface area (Å²) in [5.74, 6) is -0.311. The second-order valence-corrected chi connectivity index (χ2v) is 7.76. The fourth-order valence-corrected chi connectivity index (χ4v) is 3.74. The van der Waals surface area contributed by atoms with Gasteiger partial charge in [-0.25, -0.2) is 9.37 Å². The van der Waals surface area contributed by atoms with Crippen LogP contribution in [0.5, 0.6) is 11.5 Å². The SMILES string of the molecule is NC(O)c1cc(N2CCC(C(=O)O)CC2)cc(-c2ccc(Oc3ccc(F)cc3)cc2)n1. The molecule has 166 valence electrons. The lowest BCUT2D eigenvalue weighted by atomic mass is 9.96. The number of nitrogens with two attached hydrogens (primary N) is 1. The molecule has 0 aliphatic carbocycles. The molecule has 1 aliphatic heterocycles. The molecule has 4 rings (SSSR count). The first kappa shape index (κ1) is 21.7. The molecule has 4 N–H and O–H groups in total. The summed E-state index contributed by atoms with van der Waals surface area (Å²) in [6.45, 7) is 1.20. The molecule has 8 heteroatoms. The number of nitrogens with zero attached hydrogens (tertiary/aromatic N) is 2. The van der Waals surface area contributed by atoms with E-state index in [1.54, 1.807) is 30.3 Å². The van der Waals surface area contributed by atoms with Crippen molar-refractivity contribution in [1.82, 2.24) is 4.98 Å². The van der Waals surface area contributed by atoms with E-state index in [2.05, 4.69) is 9.88 Å². The zero-order valence-corrected chi connectivity index (χ0v) is 17.3. The van der Waals surface area contributed by atoms with Gasteiger partial charge in [0, 0.05) is 24.3 Å². The number of benzene rings is 2. The van der Waals surface area contributed by atoms with Crippen LogP contribution in [-0.2, 0) is 4.79 Å². The lowest BCUT2D eigenvalue weighted by Gasteiger charge is -2.32. The molecule has 0 radical (unpaired) electrons. The topological polar surface area (TPSA) is 109 Å². The predicted molar refractivity (Wildman–Crippen MR) is 118 cm³/mol. The smallest absolute Gasteiger partial charge is 0.306 e. The van der Waals surface area contributed by atoms with Gasteiger partial charge in [0.25, 0.3) is 0 Å². The minimum atomic E-state index is -1.23. The number of hydrogen-bond donors (Lipinski definition) is 3. The van der Waals surface area contributed by atoms with E-state index in [-0.39, 0.29) is 11.7 Å². The van der Waals surface area contributed by atoms with Crippen LogP contribution in [0, 0.1) is 11.7 Å². The number of piperidine rings is 1. The number of hydrogen-bond acceptors (Lipinski definition) is 6. The Balaban J connectivity index is 1.56. The van der Waals surface area contributed by atoms with Gasteiger partial charge in [-0.3, -0.25) is 4.79 Å². The monoisotopic (exact) mass is 437 g/mol. The highest BCUT2D eigenvalue weighted by Gasteiger charge is 2.25. The van der Waals surface area contributed by atoms with Crippen molar-refractivity contribution in [2.75, 3.05) is 18.0 Å². The summed E-state index contributed by atoms with van der Waals surface area (Å²) in [5.41, 5.74) is 8.31. The molecule has 1 saturated heterocycles. The Bertz CT molecular complexity index is 1080. The molecule has 1 unspecified atom stereocenters. The average molecular weight is 437 g/mol. The lowest BCUT2D eigenvalue weighted by Crippen LogP contribution is -2.36. The highest BCUT2D eigenvalue weighted by atomic mass is 19.1. The number of anilines is 1. The number of rotatable bonds is 6. The number of carboxylic acid groups (broad SMARTS) is 1. The minimum Gasteiger partial charge on any atom is -0.481 e. The van der Waals surface area contributed by atoms with Gasteiger partial charge < -0.3 is 25.6 Å². The van der Waals surface area contributed by atoms with E-state index in [0.717, 1.165) is 11.3 Å². The van der Waals surface area contributed by atoms with Gasteiger partial charge in [0.1, 0.15) is 23.5 Å². The van der Waals surface area contributed by atoms with E-state index in [0.29, 0.717) is 48.8 Å². The van der Waals surface area contributed by atoms with E-state index < -0.39 is 12.2 Å². The second kappa shape index (κ2) is 9.33. The normalized spacial score (nSPS) is 15.4. The largest absolute Gasteiger partial charge is 0.481 e. The van der Waals surface area contributed by atoms with Crippen molar-refractivity contribution in [3.63, 3.8) is 0 Å². The number of aliphatic hydroxyl groups is 1. The molecule has 1 fully saturated rings. The predicted octanol–water partition coefficient (Wildman–Crippen LogP) is 3.93. The van der Waals surface area contributed by atoms with Crippen LogP contribution in [0.1, 0.15) is 24.8 Å². The van der Waals surface area contributed by atoms with Crippen molar-refractivity contribution in [2.45, 2.75) is 19.1 Å². The van der Waals surface area contributed by atoms with E-state index in [9.17, 15) is 19.4 Å². The van der Waals surface area contributed by atoms with E-state index in [1.807, 2.05) is 18.2 Å². The fraction of sp³-hybridized carbons (Fsp3) is 0.250. The van der Waals surface area contributed by atoms with Crippen LogP contribution < -0.4 is 15.4 Å². The van der Waals surface area contributed by atoms with E-state index in [1.165, 1.54) is 12.1 Å². The number of halogens is 1. The van der Waals surface area contributed by atoms with Crippen molar-refractivity contribution < 1.29 is 24.1 Å². The molecule has 2 aromatic carbocycles. The van der Waals surface area contributed by atoms with Crippen LogP contribution in [0.4, 0.5) is 10.1 Å². The average Bonchev–Trinajstić information content (AvgIpc) is 2.81. The first-order valence-corrected chi connectivity index (χ1v) is 10.4. The Morgan fingerprint density at radius 1 is 1.06 bits per heavy atom. The summed E-state index contributed by atoms with van der Waals surface area (Å²) < 4.78 is 18.8. The Morgan fingerprint density at radius 2 is 1.66 bits per heavy atom. The van der Waals surface area contributed by atoms with E-state index in [4.69, 9.17) is 10.5 Å². The quantitative estimate of drug-likeness (QED) is 0.501. The van der Waals surface area contributed by atoms with Gasteiger partial charge in [-0.15, -0.1) is 0 Å². The summed E-state index contributed by atoms with van der Waals surface area (Å²) in [6, 6.07) is 16.7. The van der Waals surface area contributed by atoms with Crippen molar-refractivity contribution >= 4 is 11.7 Å². The Labute approximate surface area is 184 Å². The number of carbonyl (C=O) groups is 1. The van der Waals surface area contributed by atoms with Crippen LogP contribution in [0.3, 0.4) is 0 Å². The van der Waals surface area contributed by atoms with Crippen LogP contribution in [0.25, 0.3) is 11.3 Å². The highest BCUT2D eigenvalue weighted by molar-refractivity contribution is 5.71. The minimum absolute atomic E-state index is 0.330. The number of aliphatic hydroxyl groups excluding tert-OH is 1. The third kappa shape index (κ3) is 5.04. The Hall–Kier alpha value is -3.49. The molecule has 0 spiro atoms. The van der Waals surface area contributed by atoms with Gasteiger partial charge in [0.05, 0.1) is 17.3 Å². The Kier molecular flexibility index (Phi) is 6.34. The number of aliphatic carboxylic acids is 1. The highest BCUT2D eigenvalue weighted by Crippen LogP contribution is 2.30. The van der Waals surface area contributed by atoms with Crippen LogP contribution in [-0.4, -0.2) is 34.3 Å². The molecule has 0 saturated carbocycles. The molecule has 2 heterocycles. The molecule has 3 aromatic rings. The van der Waals surface area contributed by atoms with Crippen molar-refractivity contribution in [3.05, 3.63) is 72.2 Å². The molecule has 1 aromatic heterocycles. The maximum absolute atomic E-state index is 13.1. The number of pyridine rings is 1. The van der Waals surface area contributed by atoms with Crippen LogP contribution in [0.15, 0.2) is 60.7 Å². The van der Waals surface area contributed by atoms with Crippen molar-refractivity contribution in [3.8, 4) is 22.8 Å². The summed E-state index contributed by atoms with van der Waals surface area (Å²) in [4.78, 5) is 17.8. The van der Waals surface area contributed by atoms with E-state index >= 15 is 0 Å². The number of carboxylic acids is 1. The van der Waals surface area contributed by atoms with Gasteiger partial charge >= 0.3 is 5.97 Å². The van der Waals surface area contributed by atoms with Gasteiger partial charge in [-0.05, 0) is 73.5 Å². The molecular weight excluding hydrogens is 413 g/mol. The number of ether oxygens (including phenoxy) is 1. The van der Waals surface area contributed by atoms with Gasteiger partial charge in [-0.1, -0.05) is 0 Å². The lowest BCUT2D eigenvalue weighted by molar-refractivity contribution is -0.142. The molecule has 1 aliphatic rings. The molecular formula is C24H24FN3O4. The molecule has 7 nitrogen and oxygen atoms in total. The summed E-state index contributed by atoms with van der Waals surface area (Å²) >= 11 is 0. The molecule has 1 atom stereocenters. The van der Waals surface area contributed by atoms with Crippen LogP contribution >= 0.6 is 0 Å². The number of aromatic nitrogens is 1. The van der Waals surface area contributed by atoms with Crippen molar-refractivity contribution in [2.24, 2.45) is 11.7 Å². The first-order chi connectivity index (χ1) is 15.4. The second-order valence-electron chi connectivity index (χ2n) is 7.76. The maximum atomic E-state index is 13.1.